The summed E-state index contributed by atoms with van der Waals surface area (Å²) < 4.78 is 5.25. The first-order chi connectivity index (χ1) is 13.4. The molecule has 1 aliphatic heterocycles. The van der Waals surface area contributed by atoms with Crippen LogP contribution in [-0.4, -0.2) is 48.4 Å². The number of nitrogens with zero attached hydrogens (tertiary/aromatic N) is 1. The van der Waals surface area contributed by atoms with Gasteiger partial charge in [-0.05, 0) is 71.0 Å². The van der Waals surface area contributed by atoms with E-state index in [0.29, 0.717) is 43.1 Å². The fourth-order valence-electron chi connectivity index (χ4n) is 4.03. The molecule has 7 nitrogen and oxygen atoms in total. The molecule has 2 heterocycles. The molecule has 3 N–H and O–H groups in total. The van der Waals surface area contributed by atoms with Gasteiger partial charge in [0, 0.05) is 10.8 Å². The number of hydrogen-bond donors (Lipinski definition) is 2. The van der Waals surface area contributed by atoms with Gasteiger partial charge >= 0.3 is 5.97 Å². The summed E-state index contributed by atoms with van der Waals surface area (Å²) in [5.74, 6) is -0.861. The zero-order valence-corrected chi connectivity index (χ0v) is 17.4. The molecule has 1 fully saturated rings. The number of anilines is 1. The van der Waals surface area contributed by atoms with Crippen LogP contribution in [-0.2, 0) is 27.2 Å². The summed E-state index contributed by atoms with van der Waals surface area (Å²) in [7, 11) is 0. The standard InChI is InChI=1S/C20H29N3O4S/c1-3-27-20(26)16-14-6-4-5-7-15(14)28-19(16)22-18(25)12(2)23-10-8-13(9-11-23)17(21)24/h12-13H,3-11H2,1-2H3,(H2,21,24)(H,22,25). The van der Waals surface area contributed by atoms with E-state index in [1.54, 1.807) is 6.92 Å². The van der Waals surface area contributed by atoms with Crippen molar-refractivity contribution in [3.63, 3.8) is 0 Å². The number of rotatable bonds is 6. The maximum Gasteiger partial charge on any atom is 0.341 e. The molecular formula is C20H29N3O4S. The highest BCUT2D eigenvalue weighted by Gasteiger charge is 2.31. The van der Waals surface area contributed by atoms with Crippen LogP contribution >= 0.6 is 11.3 Å². The van der Waals surface area contributed by atoms with E-state index in [-0.39, 0.29) is 29.7 Å². The summed E-state index contributed by atoms with van der Waals surface area (Å²) in [5, 5.41) is 3.59. The Morgan fingerprint density at radius 2 is 1.93 bits per heavy atom. The Morgan fingerprint density at radius 3 is 2.57 bits per heavy atom. The molecule has 8 heteroatoms. The molecule has 3 rings (SSSR count). The van der Waals surface area contributed by atoms with E-state index in [1.807, 2.05) is 6.92 Å². The SMILES string of the molecule is CCOC(=O)c1c(NC(=O)C(C)N2CCC(C(N)=O)CC2)sc2c1CCCC2. The zero-order valence-electron chi connectivity index (χ0n) is 16.6. The number of piperidine rings is 1. The van der Waals surface area contributed by atoms with E-state index < -0.39 is 0 Å². The smallest absolute Gasteiger partial charge is 0.341 e. The summed E-state index contributed by atoms with van der Waals surface area (Å²) in [6, 6.07) is -0.344. The minimum Gasteiger partial charge on any atom is -0.462 e. The number of carbonyl (C=O) groups excluding carboxylic acids is 3. The molecule has 1 aromatic heterocycles. The monoisotopic (exact) mass is 407 g/mol. The fraction of sp³-hybridized carbons (Fsp3) is 0.650. The van der Waals surface area contributed by atoms with Gasteiger partial charge in [0.15, 0.2) is 0 Å². The van der Waals surface area contributed by atoms with Gasteiger partial charge in [-0.25, -0.2) is 4.79 Å². The van der Waals surface area contributed by atoms with Gasteiger partial charge < -0.3 is 15.8 Å². The molecule has 1 unspecified atom stereocenters. The molecule has 0 spiro atoms. The van der Waals surface area contributed by atoms with Crippen LogP contribution in [0.25, 0.3) is 0 Å². The number of fused-ring (bicyclic) bond motifs is 1. The van der Waals surface area contributed by atoms with E-state index in [4.69, 9.17) is 10.5 Å². The lowest BCUT2D eigenvalue weighted by atomic mass is 9.95. The largest absolute Gasteiger partial charge is 0.462 e. The van der Waals surface area contributed by atoms with E-state index >= 15 is 0 Å². The van der Waals surface area contributed by atoms with Crippen LogP contribution in [0.2, 0.25) is 0 Å². The van der Waals surface area contributed by atoms with E-state index in [1.165, 1.54) is 16.2 Å². The topological polar surface area (TPSA) is 102 Å². The Labute approximate surface area is 169 Å². The Hall–Kier alpha value is -1.93. The van der Waals surface area contributed by atoms with Crippen molar-refractivity contribution in [1.82, 2.24) is 4.90 Å². The third-order valence-electron chi connectivity index (χ3n) is 5.75. The number of nitrogens with one attached hydrogen (secondary N) is 1. The molecule has 1 saturated heterocycles. The highest BCUT2D eigenvalue weighted by Crippen LogP contribution is 2.38. The normalized spacial score (nSPS) is 18.9. The molecule has 1 atom stereocenters. The van der Waals surface area contributed by atoms with E-state index in [0.717, 1.165) is 31.2 Å². The number of amides is 2. The third kappa shape index (κ3) is 4.38. The van der Waals surface area contributed by atoms with Crippen LogP contribution in [0.15, 0.2) is 0 Å². The molecule has 2 amide bonds. The lowest BCUT2D eigenvalue weighted by molar-refractivity contribution is -0.124. The molecule has 2 aliphatic rings. The number of hydrogen-bond acceptors (Lipinski definition) is 6. The first-order valence-electron chi connectivity index (χ1n) is 10.1. The van der Waals surface area contributed by atoms with E-state index in [9.17, 15) is 14.4 Å². The Morgan fingerprint density at radius 1 is 1.25 bits per heavy atom. The zero-order chi connectivity index (χ0) is 20.3. The predicted molar refractivity (Wildman–Crippen MR) is 109 cm³/mol. The number of aryl methyl sites for hydroxylation is 1. The van der Waals surface area contributed by atoms with Crippen molar-refractivity contribution in [2.75, 3.05) is 25.0 Å². The molecule has 0 saturated carbocycles. The van der Waals surface area contributed by atoms with Crippen LogP contribution in [0, 0.1) is 5.92 Å². The number of carbonyl (C=O) groups is 3. The molecule has 0 bridgehead atoms. The summed E-state index contributed by atoms with van der Waals surface area (Å²) >= 11 is 1.50. The van der Waals surface area contributed by atoms with Crippen LogP contribution in [0.1, 0.15) is 60.3 Å². The molecule has 0 aromatic carbocycles. The number of likely N-dealkylation sites (tertiary alicyclic amines) is 1. The predicted octanol–water partition coefficient (Wildman–Crippen LogP) is 2.33. The fourth-order valence-corrected chi connectivity index (χ4v) is 5.31. The molecule has 1 aromatic rings. The number of primary amides is 1. The maximum atomic E-state index is 12.9. The highest BCUT2D eigenvalue weighted by molar-refractivity contribution is 7.17. The van der Waals surface area contributed by atoms with Gasteiger partial charge in [-0.15, -0.1) is 11.3 Å². The van der Waals surface area contributed by atoms with Crippen molar-refractivity contribution in [3.8, 4) is 0 Å². The second-order valence-corrected chi connectivity index (χ2v) is 8.62. The van der Waals surface area contributed by atoms with Gasteiger partial charge in [-0.1, -0.05) is 0 Å². The number of thiophene rings is 1. The first kappa shape index (κ1) is 20.8. The average Bonchev–Trinajstić information content (AvgIpc) is 3.05. The van der Waals surface area contributed by atoms with Crippen LogP contribution in [0.4, 0.5) is 5.00 Å². The molecular weight excluding hydrogens is 378 g/mol. The van der Waals surface area contributed by atoms with Crippen molar-refractivity contribution in [1.29, 1.82) is 0 Å². The van der Waals surface area contributed by atoms with Crippen molar-refractivity contribution in [2.24, 2.45) is 11.7 Å². The van der Waals surface area contributed by atoms with E-state index in [2.05, 4.69) is 10.2 Å². The van der Waals surface area contributed by atoms with Crippen molar-refractivity contribution in [3.05, 3.63) is 16.0 Å². The van der Waals surface area contributed by atoms with Crippen molar-refractivity contribution >= 4 is 34.1 Å². The van der Waals surface area contributed by atoms with Gasteiger partial charge in [0.25, 0.3) is 0 Å². The van der Waals surface area contributed by atoms with Gasteiger partial charge in [0.2, 0.25) is 11.8 Å². The number of nitrogens with two attached hydrogens (primary N) is 1. The Kier molecular flexibility index (Phi) is 6.72. The summed E-state index contributed by atoms with van der Waals surface area (Å²) in [6.07, 6.45) is 5.30. The minimum absolute atomic E-state index is 0.106. The van der Waals surface area contributed by atoms with Gasteiger partial charge in [0.05, 0.1) is 18.2 Å². The summed E-state index contributed by atoms with van der Waals surface area (Å²) in [5.41, 5.74) is 6.97. The summed E-state index contributed by atoms with van der Waals surface area (Å²) in [4.78, 5) is 40.0. The van der Waals surface area contributed by atoms with Crippen molar-refractivity contribution < 1.29 is 19.1 Å². The average molecular weight is 408 g/mol. The number of ether oxygens (including phenoxy) is 1. The van der Waals surface area contributed by atoms with Crippen LogP contribution in [0.3, 0.4) is 0 Å². The van der Waals surface area contributed by atoms with Crippen molar-refractivity contribution in [2.45, 2.75) is 58.4 Å². The quantitative estimate of drug-likeness (QED) is 0.705. The molecule has 154 valence electrons. The molecule has 28 heavy (non-hydrogen) atoms. The van der Waals surface area contributed by atoms with Gasteiger partial charge in [0.1, 0.15) is 5.00 Å². The van der Waals surface area contributed by atoms with Crippen LogP contribution < -0.4 is 11.1 Å². The minimum atomic E-state index is -0.355. The van der Waals surface area contributed by atoms with Gasteiger partial charge in [-0.2, -0.15) is 0 Å². The third-order valence-corrected chi connectivity index (χ3v) is 6.95. The number of esters is 1. The second kappa shape index (κ2) is 9.05. The molecule has 1 aliphatic carbocycles. The first-order valence-corrected chi connectivity index (χ1v) is 10.9. The lowest BCUT2D eigenvalue weighted by Crippen LogP contribution is -2.47. The Balaban J connectivity index is 1.72. The van der Waals surface area contributed by atoms with Gasteiger partial charge in [-0.3, -0.25) is 14.5 Å². The maximum absolute atomic E-state index is 12.9. The summed E-state index contributed by atoms with van der Waals surface area (Å²) in [6.45, 7) is 5.27. The molecule has 0 radical (unpaired) electrons. The highest BCUT2D eigenvalue weighted by atomic mass is 32.1. The lowest BCUT2D eigenvalue weighted by Gasteiger charge is -2.34. The second-order valence-electron chi connectivity index (χ2n) is 7.51. The van der Waals surface area contributed by atoms with Crippen LogP contribution in [0.5, 0.6) is 0 Å². The Bertz CT molecular complexity index is 753.